The van der Waals surface area contributed by atoms with Gasteiger partial charge >= 0.3 is 0 Å². The Kier molecular flexibility index (Phi) is 4.75. The molecule has 20 heavy (non-hydrogen) atoms. The van der Waals surface area contributed by atoms with Crippen molar-refractivity contribution in [2.24, 2.45) is 5.84 Å². The lowest BCUT2D eigenvalue weighted by molar-refractivity contribution is 0.505. The molecule has 3 N–H and O–H groups in total. The first-order valence-corrected chi connectivity index (χ1v) is 6.84. The van der Waals surface area contributed by atoms with Crippen LogP contribution in [-0.4, -0.2) is 9.78 Å². The van der Waals surface area contributed by atoms with E-state index < -0.39 is 5.82 Å². The molecule has 1 unspecified atom stereocenters. The molecule has 2 aromatic rings. The highest BCUT2D eigenvalue weighted by Crippen LogP contribution is 2.27. The van der Waals surface area contributed by atoms with E-state index in [9.17, 15) is 4.39 Å². The zero-order valence-electron chi connectivity index (χ0n) is 11.5. The third-order valence-electron chi connectivity index (χ3n) is 3.16. The van der Waals surface area contributed by atoms with Crippen LogP contribution in [0.15, 0.2) is 30.5 Å². The summed E-state index contributed by atoms with van der Waals surface area (Å²) in [5.41, 5.74) is 4.18. The lowest BCUT2D eigenvalue weighted by Gasteiger charge is -2.17. The van der Waals surface area contributed by atoms with Crippen molar-refractivity contribution in [1.29, 1.82) is 0 Å². The highest BCUT2D eigenvalue weighted by atomic mass is 35.5. The van der Waals surface area contributed by atoms with Gasteiger partial charge in [0.25, 0.3) is 0 Å². The van der Waals surface area contributed by atoms with E-state index in [0.29, 0.717) is 18.0 Å². The van der Waals surface area contributed by atoms with Gasteiger partial charge in [0, 0.05) is 18.7 Å². The van der Waals surface area contributed by atoms with Gasteiger partial charge in [-0.2, -0.15) is 5.10 Å². The Morgan fingerprint density at radius 1 is 1.40 bits per heavy atom. The number of nitrogens with one attached hydrogen (secondary N) is 1. The minimum atomic E-state index is -0.447. The van der Waals surface area contributed by atoms with E-state index >= 15 is 0 Å². The van der Waals surface area contributed by atoms with Gasteiger partial charge in [0.15, 0.2) is 0 Å². The Hall–Kier alpha value is -1.43. The van der Waals surface area contributed by atoms with Crippen molar-refractivity contribution >= 4 is 11.6 Å². The first kappa shape index (κ1) is 15.0. The highest BCUT2D eigenvalue weighted by molar-refractivity contribution is 6.31. The van der Waals surface area contributed by atoms with Crippen molar-refractivity contribution in [3.63, 3.8) is 0 Å². The van der Waals surface area contributed by atoms with Crippen LogP contribution in [0.5, 0.6) is 0 Å². The quantitative estimate of drug-likeness (QED) is 0.659. The van der Waals surface area contributed by atoms with Crippen LogP contribution in [0.1, 0.15) is 37.2 Å². The lowest BCUT2D eigenvalue weighted by Crippen LogP contribution is -2.30. The maximum Gasteiger partial charge on any atom is 0.142 e. The Bertz CT molecular complexity index is 582. The molecule has 0 spiro atoms. The van der Waals surface area contributed by atoms with E-state index in [-0.39, 0.29) is 11.1 Å². The maximum absolute atomic E-state index is 13.5. The van der Waals surface area contributed by atoms with E-state index in [1.807, 2.05) is 16.9 Å². The van der Waals surface area contributed by atoms with Crippen LogP contribution in [0.3, 0.4) is 0 Å². The number of nitrogens with zero attached hydrogens (tertiary/aromatic N) is 2. The van der Waals surface area contributed by atoms with Crippen LogP contribution in [0.2, 0.25) is 5.02 Å². The molecule has 108 valence electrons. The van der Waals surface area contributed by atoms with Gasteiger partial charge < -0.3 is 0 Å². The van der Waals surface area contributed by atoms with E-state index in [4.69, 9.17) is 17.4 Å². The number of halogens is 2. The SMILES string of the molecule is CC(C)n1ccc(CC(NN)c2cccc(F)c2Cl)n1. The van der Waals surface area contributed by atoms with Gasteiger partial charge in [-0.15, -0.1) is 0 Å². The van der Waals surface area contributed by atoms with Gasteiger partial charge in [0.05, 0.1) is 16.8 Å². The molecule has 0 saturated heterocycles. The molecule has 0 aliphatic rings. The fraction of sp³-hybridized carbons (Fsp3) is 0.357. The molecule has 6 heteroatoms. The van der Waals surface area contributed by atoms with Crippen LogP contribution >= 0.6 is 11.6 Å². The van der Waals surface area contributed by atoms with Gasteiger partial charge in [0.1, 0.15) is 5.82 Å². The smallest absolute Gasteiger partial charge is 0.142 e. The number of nitrogens with two attached hydrogens (primary N) is 1. The van der Waals surface area contributed by atoms with E-state index in [2.05, 4.69) is 24.4 Å². The summed E-state index contributed by atoms with van der Waals surface area (Å²) in [5.74, 6) is 5.13. The van der Waals surface area contributed by atoms with Crippen LogP contribution < -0.4 is 11.3 Å². The van der Waals surface area contributed by atoms with Crippen molar-refractivity contribution in [2.75, 3.05) is 0 Å². The number of benzene rings is 1. The maximum atomic E-state index is 13.5. The summed E-state index contributed by atoms with van der Waals surface area (Å²) in [7, 11) is 0. The Morgan fingerprint density at radius 2 is 2.15 bits per heavy atom. The predicted octanol–water partition coefficient (Wildman–Crippen LogP) is 3.00. The molecule has 1 aromatic heterocycles. The molecule has 0 bridgehead atoms. The number of rotatable bonds is 5. The standard InChI is InChI=1S/C14H18ClFN4/c1-9(2)20-7-6-10(19-20)8-13(18-17)11-4-3-5-12(16)14(11)15/h3-7,9,13,18H,8,17H2,1-2H3. The van der Waals surface area contributed by atoms with Crippen LogP contribution in [0.4, 0.5) is 4.39 Å². The second-order valence-corrected chi connectivity index (χ2v) is 5.33. The number of hydrogen-bond donors (Lipinski definition) is 2. The molecule has 1 heterocycles. The van der Waals surface area contributed by atoms with Crippen molar-refractivity contribution in [3.05, 3.63) is 52.6 Å². The van der Waals surface area contributed by atoms with E-state index in [1.165, 1.54) is 6.07 Å². The van der Waals surface area contributed by atoms with Crippen molar-refractivity contribution in [3.8, 4) is 0 Å². The summed E-state index contributed by atoms with van der Waals surface area (Å²) in [4.78, 5) is 0. The Morgan fingerprint density at radius 3 is 2.75 bits per heavy atom. The molecule has 4 nitrogen and oxygen atoms in total. The average Bonchev–Trinajstić information content (AvgIpc) is 2.88. The van der Waals surface area contributed by atoms with Gasteiger partial charge in [0.2, 0.25) is 0 Å². The van der Waals surface area contributed by atoms with Gasteiger partial charge in [-0.25, -0.2) is 4.39 Å². The molecule has 0 radical (unpaired) electrons. The normalized spacial score (nSPS) is 12.9. The fourth-order valence-electron chi connectivity index (χ4n) is 2.03. The van der Waals surface area contributed by atoms with Crippen LogP contribution in [-0.2, 0) is 6.42 Å². The number of hydrogen-bond acceptors (Lipinski definition) is 3. The largest absolute Gasteiger partial charge is 0.271 e. The third kappa shape index (κ3) is 3.17. The third-order valence-corrected chi connectivity index (χ3v) is 3.56. The first-order valence-electron chi connectivity index (χ1n) is 6.47. The van der Waals surface area contributed by atoms with Gasteiger partial charge in [-0.05, 0) is 31.5 Å². The Balaban J connectivity index is 2.22. The monoisotopic (exact) mass is 296 g/mol. The first-order chi connectivity index (χ1) is 9.52. The molecule has 2 rings (SSSR count). The predicted molar refractivity (Wildman–Crippen MR) is 77.8 cm³/mol. The minimum absolute atomic E-state index is 0.0961. The molecule has 0 aliphatic carbocycles. The topological polar surface area (TPSA) is 55.9 Å². The highest BCUT2D eigenvalue weighted by Gasteiger charge is 2.17. The molecule has 0 fully saturated rings. The van der Waals surface area contributed by atoms with Gasteiger partial charge in [-0.3, -0.25) is 16.0 Å². The minimum Gasteiger partial charge on any atom is -0.271 e. The zero-order chi connectivity index (χ0) is 14.7. The molecular formula is C14H18ClFN4. The second-order valence-electron chi connectivity index (χ2n) is 4.95. The zero-order valence-corrected chi connectivity index (χ0v) is 12.2. The summed E-state index contributed by atoms with van der Waals surface area (Å²) in [6.45, 7) is 4.11. The molecule has 0 aliphatic heterocycles. The van der Waals surface area contributed by atoms with Crippen molar-refractivity contribution < 1.29 is 4.39 Å². The molecule has 0 saturated carbocycles. The summed E-state index contributed by atoms with van der Waals surface area (Å²) in [5, 5.41) is 4.56. The van der Waals surface area contributed by atoms with E-state index in [1.54, 1.807) is 12.1 Å². The number of hydrazine groups is 1. The average molecular weight is 297 g/mol. The second kappa shape index (κ2) is 6.35. The molecule has 1 atom stereocenters. The van der Waals surface area contributed by atoms with Crippen molar-refractivity contribution in [2.45, 2.75) is 32.4 Å². The lowest BCUT2D eigenvalue weighted by atomic mass is 10.0. The summed E-state index contributed by atoms with van der Waals surface area (Å²) >= 11 is 5.99. The molecular weight excluding hydrogens is 279 g/mol. The van der Waals surface area contributed by atoms with E-state index in [0.717, 1.165) is 5.69 Å². The van der Waals surface area contributed by atoms with Crippen molar-refractivity contribution in [1.82, 2.24) is 15.2 Å². The van der Waals surface area contributed by atoms with Crippen LogP contribution in [0.25, 0.3) is 0 Å². The van der Waals surface area contributed by atoms with Crippen LogP contribution in [0, 0.1) is 5.82 Å². The fourth-order valence-corrected chi connectivity index (χ4v) is 2.29. The summed E-state index contributed by atoms with van der Waals surface area (Å²) < 4.78 is 15.4. The summed E-state index contributed by atoms with van der Waals surface area (Å²) in [6, 6.07) is 6.65. The summed E-state index contributed by atoms with van der Waals surface area (Å²) in [6.07, 6.45) is 2.46. The number of aromatic nitrogens is 2. The Labute approximate surface area is 122 Å². The molecule has 1 aromatic carbocycles. The molecule has 0 amide bonds. The van der Waals surface area contributed by atoms with Gasteiger partial charge in [-0.1, -0.05) is 23.7 Å².